The molecule has 0 aliphatic heterocycles. The van der Waals surface area contributed by atoms with E-state index in [0.29, 0.717) is 18.3 Å². The second kappa shape index (κ2) is 15.4. The normalized spacial score (nSPS) is 12.0. The van der Waals surface area contributed by atoms with E-state index in [1.165, 1.54) is 56.9 Å². The summed E-state index contributed by atoms with van der Waals surface area (Å²) >= 11 is 0. The van der Waals surface area contributed by atoms with Crippen LogP contribution < -0.4 is 11.5 Å². The van der Waals surface area contributed by atoms with Crippen LogP contribution in [0.3, 0.4) is 0 Å². The van der Waals surface area contributed by atoms with Crippen LogP contribution in [-0.2, 0) is 6.42 Å². The Hall–Kier alpha value is -1.43. The summed E-state index contributed by atoms with van der Waals surface area (Å²) in [6.07, 6.45) is 14.7. The van der Waals surface area contributed by atoms with E-state index in [1.807, 2.05) is 0 Å². The average molecular weight is 423 g/mol. The average Bonchev–Trinajstić information content (AvgIpc) is 3.21. The van der Waals surface area contributed by atoms with Gasteiger partial charge in [0, 0.05) is 5.56 Å². The third-order valence-electron chi connectivity index (χ3n) is 5.26. The van der Waals surface area contributed by atoms with E-state index < -0.39 is 0 Å². The summed E-state index contributed by atoms with van der Waals surface area (Å²) < 4.78 is 5.35. The first-order valence-corrected chi connectivity index (χ1v) is 11.1. The standard InChI is InChI=1S/C23H38N4O.ClH/c1-2-3-4-5-6-7-8-9-12-19-14-16-20(17-15-19)22-26-23(28-27-22)21(25)13-10-11-18-24;/h14-17,21H,2-13,18,24-25H2,1H3;1H/t21-;/m0./s1. The fourth-order valence-electron chi connectivity index (χ4n) is 3.42. The summed E-state index contributed by atoms with van der Waals surface area (Å²) in [6, 6.07) is 8.29. The third kappa shape index (κ3) is 9.75. The van der Waals surface area contributed by atoms with Crippen LogP contribution in [0.4, 0.5) is 0 Å². The number of nitrogens with zero attached hydrogens (tertiary/aromatic N) is 2. The summed E-state index contributed by atoms with van der Waals surface area (Å²) in [4.78, 5) is 4.47. The van der Waals surface area contributed by atoms with Gasteiger partial charge < -0.3 is 16.0 Å². The number of hydrogen-bond donors (Lipinski definition) is 2. The Balaban J connectivity index is 0.00000420. The van der Waals surface area contributed by atoms with E-state index in [1.54, 1.807) is 0 Å². The number of benzene rings is 1. The van der Waals surface area contributed by atoms with Crippen LogP contribution in [-0.4, -0.2) is 16.7 Å². The molecule has 4 N–H and O–H groups in total. The van der Waals surface area contributed by atoms with Crippen LogP contribution in [0.5, 0.6) is 0 Å². The molecule has 0 saturated heterocycles. The molecule has 1 aromatic carbocycles. The van der Waals surface area contributed by atoms with Gasteiger partial charge >= 0.3 is 0 Å². The zero-order valence-electron chi connectivity index (χ0n) is 17.9. The SMILES string of the molecule is CCCCCCCCCCc1ccc(-c2noc([C@@H](N)CCCCN)n2)cc1.Cl. The molecule has 1 heterocycles. The van der Waals surface area contributed by atoms with Crippen molar-refractivity contribution in [2.45, 2.75) is 90.0 Å². The number of unbranched alkanes of at least 4 members (excludes halogenated alkanes) is 8. The summed E-state index contributed by atoms with van der Waals surface area (Å²) in [5.41, 5.74) is 14.0. The minimum absolute atomic E-state index is 0. The van der Waals surface area contributed by atoms with E-state index in [0.717, 1.165) is 31.2 Å². The molecule has 6 heteroatoms. The van der Waals surface area contributed by atoms with Gasteiger partial charge in [0.05, 0.1) is 6.04 Å². The quantitative estimate of drug-likeness (QED) is 0.345. The molecule has 1 aromatic heterocycles. The Morgan fingerprint density at radius 2 is 1.55 bits per heavy atom. The van der Waals surface area contributed by atoms with Gasteiger partial charge in [-0.25, -0.2) is 0 Å². The number of aryl methyl sites for hydroxylation is 1. The zero-order valence-corrected chi connectivity index (χ0v) is 18.8. The second-order valence-electron chi connectivity index (χ2n) is 7.77. The highest BCUT2D eigenvalue weighted by Crippen LogP contribution is 2.21. The zero-order chi connectivity index (χ0) is 20.0. The van der Waals surface area contributed by atoms with Gasteiger partial charge in [0.1, 0.15) is 0 Å². The first kappa shape index (κ1) is 25.6. The molecular weight excluding hydrogens is 384 g/mol. The van der Waals surface area contributed by atoms with Crippen LogP contribution in [0, 0.1) is 0 Å². The maximum atomic E-state index is 6.13. The van der Waals surface area contributed by atoms with Crippen molar-refractivity contribution in [3.63, 3.8) is 0 Å². The fourth-order valence-corrected chi connectivity index (χ4v) is 3.42. The summed E-state index contributed by atoms with van der Waals surface area (Å²) in [6.45, 7) is 2.95. The van der Waals surface area contributed by atoms with Crippen LogP contribution in [0.2, 0.25) is 0 Å². The number of nitrogens with two attached hydrogens (primary N) is 2. The molecule has 0 bridgehead atoms. The summed E-state index contributed by atoms with van der Waals surface area (Å²) in [5.74, 6) is 1.12. The van der Waals surface area contributed by atoms with Crippen LogP contribution in [0.25, 0.3) is 11.4 Å². The largest absolute Gasteiger partial charge is 0.337 e. The van der Waals surface area contributed by atoms with Crippen LogP contribution in [0.1, 0.15) is 95.0 Å². The third-order valence-corrected chi connectivity index (χ3v) is 5.26. The van der Waals surface area contributed by atoms with E-state index in [-0.39, 0.29) is 18.4 Å². The van der Waals surface area contributed by atoms with E-state index >= 15 is 0 Å². The van der Waals surface area contributed by atoms with Crippen LogP contribution in [0.15, 0.2) is 28.8 Å². The van der Waals surface area contributed by atoms with Crippen molar-refractivity contribution in [2.75, 3.05) is 6.54 Å². The monoisotopic (exact) mass is 422 g/mol. The Kier molecular flexibility index (Phi) is 13.6. The van der Waals surface area contributed by atoms with E-state index in [4.69, 9.17) is 16.0 Å². The topological polar surface area (TPSA) is 91.0 Å². The van der Waals surface area contributed by atoms with Crippen molar-refractivity contribution >= 4 is 12.4 Å². The Morgan fingerprint density at radius 1 is 0.897 bits per heavy atom. The van der Waals surface area contributed by atoms with Gasteiger partial charge in [-0.05, 0) is 37.8 Å². The highest BCUT2D eigenvalue weighted by atomic mass is 35.5. The molecule has 5 nitrogen and oxygen atoms in total. The smallest absolute Gasteiger partial charge is 0.243 e. The highest BCUT2D eigenvalue weighted by Gasteiger charge is 2.15. The molecule has 0 spiro atoms. The predicted molar refractivity (Wildman–Crippen MR) is 123 cm³/mol. The van der Waals surface area contributed by atoms with E-state index in [9.17, 15) is 0 Å². The van der Waals surface area contributed by atoms with Gasteiger partial charge in [0.25, 0.3) is 0 Å². The maximum absolute atomic E-state index is 6.13. The van der Waals surface area contributed by atoms with Gasteiger partial charge in [0.2, 0.25) is 11.7 Å². The lowest BCUT2D eigenvalue weighted by atomic mass is 10.0. The molecule has 0 radical (unpaired) electrons. The Morgan fingerprint density at radius 3 is 2.21 bits per heavy atom. The summed E-state index contributed by atoms with van der Waals surface area (Å²) in [7, 11) is 0. The fraction of sp³-hybridized carbons (Fsp3) is 0.652. The molecule has 164 valence electrons. The highest BCUT2D eigenvalue weighted by molar-refractivity contribution is 5.85. The number of halogens is 1. The molecule has 0 aliphatic carbocycles. The van der Waals surface area contributed by atoms with Gasteiger partial charge in [-0.1, -0.05) is 87.7 Å². The van der Waals surface area contributed by atoms with Crippen molar-refractivity contribution in [1.82, 2.24) is 10.1 Å². The molecule has 0 unspecified atom stereocenters. The van der Waals surface area contributed by atoms with Gasteiger partial charge in [-0.15, -0.1) is 12.4 Å². The minimum atomic E-state index is -0.214. The number of rotatable bonds is 15. The molecule has 0 saturated carbocycles. The van der Waals surface area contributed by atoms with E-state index in [2.05, 4.69) is 41.3 Å². The maximum Gasteiger partial charge on any atom is 0.243 e. The summed E-state index contributed by atoms with van der Waals surface area (Å²) in [5, 5.41) is 4.09. The first-order chi connectivity index (χ1) is 13.7. The van der Waals surface area contributed by atoms with Gasteiger partial charge in [-0.2, -0.15) is 4.98 Å². The molecule has 1 atom stereocenters. The van der Waals surface area contributed by atoms with Crippen LogP contribution >= 0.6 is 12.4 Å². The van der Waals surface area contributed by atoms with Gasteiger partial charge in [0.15, 0.2) is 0 Å². The predicted octanol–water partition coefficient (Wildman–Crippen LogP) is 5.97. The Labute approximate surface area is 182 Å². The van der Waals surface area contributed by atoms with Crippen molar-refractivity contribution in [3.05, 3.63) is 35.7 Å². The molecule has 0 amide bonds. The van der Waals surface area contributed by atoms with Crippen molar-refractivity contribution in [3.8, 4) is 11.4 Å². The lowest BCUT2D eigenvalue weighted by molar-refractivity contribution is 0.346. The Bertz CT molecular complexity index is 645. The molecular formula is C23H39ClN4O. The molecule has 29 heavy (non-hydrogen) atoms. The van der Waals surface area contributed by atoms with Crippen molar-refractivity contribution in [1.29, 1.82) is 0 Å². The van der Waals surface area contributed by atoms with Crippen molar-refractivity contribution in [2.24, 2.45) is 11.5 Å². The first-order valence-electron chi connectivity index (χ1n) is 11.1. The van der Waals surface area contributed by atoms with Gasteiger partial charge in [-0.3, -0.25) is 0 Å². The minimum Gasteiger partial charge on any atom is -0.337 e. The lowest BCUT2D eigenvalue weighted by Gasteiger charge is -2.05. The molecule has 0 aliphatic rings. The number of aromatic nitrogens is 2. The molecule has 0 fully saturated rings. The number of hydrogen-bond acceptors (Lipinski definition) is 5. The lowest BCUT2D eigenvalue weighted by Crippen LogP contribution is -2.11. The molecule has 2 aromatic rings. The second-order valence-corrected chi connectivity index (χ2v) is 7.77. The van der Waals surface area contributed by atoms with Crippen molar-refractivity contribution < 1.29 is 4.52 Å². The molecule has 2 rings (SSSR count).